The van der Waals surface area contributed by atoms with Gasteiger partial charge in [-0.15, -0.1) is 0 Å². The van der Waals surface area contributed by atoms with Crippen molar-refractivity contribution < 1.29 is 0 Å². The Kier molecular flexibility index (Phi) is 7.42. The predicted molar refractivity (Wildman–Crippen MR) is 148 cm³/mol. The van der Waals surface area contributed by atoms with Crippen LogP contribution in [0.2, 0.25) is 0 Å². The molecule has 3 heterocycles. The number of rotatable bonds is 7. The number of nitrogens with one attached hydrogen (secondary N) is 2. The van der Waals surface area contributed by atoms with E-state index < -0.39 is 0 Å². The summed E-state index contributed by atoms with van der Waals surface area (Å²) in [5.41, 5.74) is 4.07. The molecule has 2 N–H and O–H groups in total. The largest absolute Gasteiger partial charge is 0.362 e. The smallest absolute Gasteiger partial charge is 0.232 e. The van der Waals surface area contributed by atoms with Gasteiger partial charge in [-0.25, -0.2) is 0 Å². The van der Waals surface area contributed by atoms with Crippen LogP contribution in [-0.4, -0.2) is 34.7 Å². The summed E-state index contributed by atoms with van der Waals surface area (Å²) >= 11 is 5.59. The lowest BCUT2D eigenvalue weighted by Gasteiger charge is -2.32. The molecule has 0 amide bonds. The van der Waals surface area contributed by atoms with Gasteiger partial charge in [-0.1, -0.05) is 61.5 Å². The first-order valence-electron chi connectivity index (χ1n) is 12.7. The van der Waals surface area contributed by atoms with Crippen molar-refractivity contribution in [2.75, 3.05) is 34.8 Å². The summed E-state index contributed by atoms with van der Waals surface area (Å²) in [5, 5.41) is 7.15. The Bertz CT molecular complexity index is 1130. The van der Waals surface area contributed by atoms with E-state index >= 15 is 0 Å². The molecule has 6 nitrogen and oxygen atoms in total. The van der Waals surface area contributed by atoms with Gasteiger partial charge in [0.1, 0.15) is 11.6 Å². The normalized spacial score (nSPS) is 17.2. The van der Waals surface area contributed by atoms with Gasteiger partial charge in [-0.05, 0) is 60.5 Å². The molecule has 0 saturated carbocycles. The average molecular weight is 487 g/mol. The fourth-order valence-electron chi connectivity index (χ4n) is 4.98. The number of aryl methyl sites for hydroxylation is 1. The van der Waals surface area contributed by atoms with Crippen molar-refractivity contribution >= 4 is 34.9 Å². The minimum Gasteiger partial charge on any atom is -0.362 e. The van der Waals surface area contributed by atoms with Crippen molar-refractivity contribution in [2.24, 2.45) is 5.92 Å². The number of thiocarbonyl (C=S) groups is 1. The van der Waals surface area contributed by atoms with Crippen LogP contribution in [0.1, 0.15) is 42.9 Å². The molecule has 182 valence electrons. The molecule has 0 unspecified atom stereocenters. The summed E-state index contributed by atoms with van der Waals surface area (Å²) in [6.45, 7) is 6.91. The van der Waals surface area contributed by atoms with Crippen molar-refractivity contribution in [3.63, 3.8) is 0 Å². The molecule has 2 aliphatic heterocycles. The summed E-state index contributed by atoms with van der Waals surface area (Å²) in [4.78, 5) is 14.5. The number of fused-ring (bicyclic) bond motifs is 1. The zero-order valence-electron chi connectivity index (χ0n) is 20.4. The van der Waals surface area contributed by atoms with Crippen LogP contribution in [0.15, 0.2) is 60.7 Å². The molecule has 35 heavy (non-hydrogen) atoms. The number of aromatic nitrogens is 2. The van der Waals surface area contributed by atoms with Crippen LogP contribution < -0.4 is 20.4 Å². The molecule has 1 atom stereocenters. The summed E-state index contributed by atoms with van der Waals surface area (Å²) < 4.78 is 0. The molecule has 0 aliphatic carbocycles. The maximum Gasteiger partial charge on any atom is 0.232 e. The van der Waals surface area contributed by atoms with Gasteiger partial charge in [0.25, 0.3) is 0 Å². The van der Waals surface area contributed by atoms with Gasteiger partial charge in [0, 0.05) is 38.8 Å². The lowest BCUT2D eigenvalue weighted by Crippen LogP contribution is -2.35. The van der Waals surface area contributed by atoms with E-state index in [1.165, 1.54) is 29.5 Å². The topological polar surface area (TPSA) is 56.3 Å². The second kappa shape index (κ2) is 11.0. The monoisotopic (exact) mass is 486 g/mol. The highest BCUT2D eigenvalue weighted by atomic mass is 32.1. The molecule has 2 aliphatic rings. The van der Waals surface area contributed by atoms with Crippen LogP contribution in [-0.2, 0) is 19.5 Å². The molecule has 3 aromatic rings. The Labute approximate surface area is 213 Å². The highest BCUT2D eigenvalue weighted by Gasteiger charge is 2.24. The highest BCUT2D eigenvalue weighted by Crippen LogP contribution is 2.31. The third-order valence-electron chi connectivity index (χ3n) is 6.84. The van der Waals surface area contributed by atoms with Crippen molar-refractivity contribution in [1.29, 1.82) is 0 Å². The van der Waals surface area contributed by atoms with Crippen molar-refractivity contribution in [2.45, 2.75) is 45.7 Å². The summed E-state index contributed by atoms with van der Waals surface area (Å²) in [6, 6.07) is 21.3. The number of nitrogens with zero attached hydrogens (tertiary/aromatic N) is 4. The Balaban J connectivity index is 1.27. The standard InChI is InChI=1S/C28H34N6S/c1-21-9-8-16-33(18-21)25-17-26(34-19-23-13-5-6-14-24(23)20-34)31-27(30-25)32-28(35)29-15-7-12-22-10-3-2-4-11-22/h2-6,10-11,13-14,17,21H,7-9,12,15-16,18-20H2,1H3,(H2,29,30,31,32,35)/t21-/m1/s1. The predicted octanol–water partition coefficient (Wildman–Crippen LogP) is 5.15. The summed E-state index contributed by atoms with van der Waals surface area (Å²) in [7, 11) is 0. The first kappa shape index (κ1) is 23.5. The first-order valence-corrected chi connectivity index (χ1v) is 13.1. The second-order valence-electron chi connectivity index (χ2n) is 9.70. The SMILES string of the molecule is C[C@@H]1CCCN(c2cc(N3Cc4ccccc4C3)nc(NC(=S)NCCCc3ccccc3)n2)C1. The van der Waals surface area contributed by atoms with Crippen LogP contribution in [0.25, 0.3) is 0 Å². The van der Waals surface area contributed by atoms with Gasteiger partial charge in [-0.3, -0.25) is 0 Å². The van der Waals surface area contributed by atoms with Gasteiger partial charge in [0.2, 0.25) is 5.95 Å². The number of anilines is 3. The average Bonchev–Trinajstić information content (AvgIpc) is 3.32. The van der Waals surface area contributed by atoms with Gasteiger partial charge in [-0.2, -0.15) is 9.97 Å². The fourth-order valence-corrected chi connectivity index (χ4v) is 5.17. The molecule has 2 aromatic carbocycles. The molecule has 5 rings (SSSR count). The van der Waals surface area contributed by atoms with Crippen LogP contribution in [0.5, 0.6) is 0 Å². The Morgan fingerprint density at radius 3 is 2.37 bits per heavy atom. The second-order valence-corrected chi connectivity index (χ2v) is 10.1. The zero-order chi connectivity index (χ0) is 24.0. The van der Waals surface area contributed by atoms with Crippen molar-refractivity contribution in [1.82, 2.24) is 15.3 Å². The van der Waals surface area contributed by atoms with E-state index in [1.54, 1.807) is 0 Å². The Morgan fingerprint density at radius 1 is 0.971 bits per heavy atom. The number of hydrogen-bond donors (Lipinski definition) is 2. The lowest BCUT2D eigenvalue weighted by atomic mass is 10.0. The van der Waals surface area contributed by atoms with Crippen LogP contribution >= 0.6 is 12.2 Å². The van der Waals surface area contributed by atoms with Gasteiger partial charge >= 0.3 is 0 Å². The van der Waals surface area contributed by atoms with Gasteiger partial charge in [0.05, 0.1) is 0 Å². The number of hydrogen-bond acceptors (Lipinski definition) is 5. The Hall–Kier alpha value is -3.19. The maximum absolute atomic E-state index is 5.59. The Morgan fingerprint density at radius 2 is 1.66 bits per heavy atom. The van der Waals surface area contributed by atoms with Gasteiger partial charge in [0.15, 0.2) is 5.11 Å². The minimum atomic E-state index is 0.562. The van der Waals surface area contributed by atoms with Crippen LogP contribution in [0, 0.1) is 5.92 Å². The molecular formula is C28H34N6S. The number of benzene rings is 2. The van der Waals surface area contributed by atoms with E-state index in [4.69, 9.17) is 22.2 Å². The minimum absolute atomic E-state index is 0.562. The zero-order valence-corrected chi connectivity index (χ0v) is 21.2. The van der Waals surface area contributed by atoms with Crippen LogP contribution in [0.3, 0.4) is 0 Å². The molecule has 1 saturated heterocycles. The highest BCUT2D eigenvalue weighted by molar-refractivity contribution is 7.80. The molecule has 1 aromatic heterocycles. The lowest BCUT2D eigenvalue weighted by molar-refractivity contribution is 0.444. The summed E-state index contributed by atoms with van der Waals surface area (Å²) in [5.74, 6) is 3.15. The van der Waals surface area contributed by atoms with E-state index in [1.807, 2.05) is 0 Å². The number of piperidine rings is 1. The first-order chi connectivity index (χ1) is 17.1. The van der Waals surface area contributed by atoms with Gasteiger partial charge < -0.3 is 20.4 Å². The molecule has 0 radical (unpaired) electrons. The van der Waals surface area contributed by atoms with E-state index in [0.29, 0.717) is 17.0 Å². The van der Waals surface area contributed by atoms with E-state index in [0.717, 1.165) is 57.2 Å². The summed E-state index contributed by atoms with van der Waals surface area (Å²) in [6.07, 6.45) is 4.50. The molecule has 1 fully saturated rings. The van der Waals surface area contributed by atoms with Crippen LogP contribution in [0.4, 0.5) is 17.6 Å². The van der Waals surface area contributed by atoms with E-state index in [9.17, 15) is 0 Å². The van der Waals surface area contributed by atoms with E-state index in [2.05, 4.69) is 88.0 Å². The van der Waals surface area contributed by atoms with E-state index in [-0.39, 0.29) is 0 Å². The molecule has 0 spiro atoms. The molecule has 7 heteroatoms. The molecule has 0 bridgehead atoms. The fraction of sp³-hybridized carbons (Fsp3) is 0.393. The van der Waals surface area contributed by atoms with Crippen molar-refractivity contribution in [3.05, 3.63) is 77.4 Å². The third-order valence-corrected chi connectivity index (χ3v) is 7.09. The van der Waals surface area contributed by atoms with Crippen molar-refractivity contribution in [3.8, 4) is 0 Å². The third kappa shape index (κ3) is 6.09. The quantitative estimate of drug-likeness (QED) is 0.354. The maximum atomic E-state index is 5.59. The molecular weight excluding hydrogens is 452 g/mol.